The highest BCUT2D eigenvalue weighted by atomic mass is 19.2. The van der Waals surface area contributed by atoms with E-state index in [2.05, 4.69) is 9.97 Å². The molecule has 6 heteroatoms. The molecule has 96 valence electrons. The Labute approximate surface area is 107 Å². The fraction of sp³-hybridized carbons (Fsp3) is 0.0769. The first-order valence-corrected chi connectivity index (χ1v) is 5.59. The molecule has 0 saturated carbocycles. The van der Waals surface area contributed by atoms with Crippen LogP contribution in [0.2, 0.25) is 0 Å². The number of aryl methyl sites for hydroxylation is 1. The lowest BCUT2D eigenvalue weighted by atomic mass is 10.1. The predicted molar refractivity (Wildman–Crippen MR) is 68.3 cm³/mol. The minimum absolute atomic E-state index is 0.144. The van der Waals surface area contributed by atoms with E-state index in [0.717, 1.165) is 17.6 Å². The van der Waals surface area contributed by atoms with Gasteiger partial charge in [0.05, 0.1) is 11.7 Å². The van der Waals surface area contributed by atoms with Crippen LogP contribution in [-0.2, 0) is 7.05 Å². The van der Waals surface area contributed by atoms with Crippen molar-refractivity contribution in [1.29, 1.82) is 0 Å². The molecule has 2 aromatic heterocycles. The zero-order valence-electron chi connectivity index (χ0n) is 10.1. The van der Waals surface area contributed by atoms with Crippen molar-refractivity contribution in [1.82, 2.24) is 14.5 Å². The lowest BCUT2D eigenvalue weighted by Crippen LogP contribution is -1.99. The maximum Gasteiger partial charge on any atom is 0.160 e. The molecule has 0 bridgehead atoms. The van der Waals surface area contributed by atoms with Gasteiger partial charge in [-0.15, -0.1) is 0 Å². The van der Waals surface area contributed by atoms with Crippen molar-refractivity contribution in [3.8, 4) is 11.4 Å². The Balaban J connectivity index is 2.30. The summed E-state index contributed by atoms with van der Waals surface area (Å²) in [6, 6.07) is 3.81. The number of nitrogens with zero attached hydrogens (tertiary/aromatic N) is 3. The molecule has 3 rings (SSSR count). The molecule has 0 aliphatic heterocycles. The zero-order valence-corrected chi connectivity index (χ0v) is 10.1. The van der Waals surface area contributed by atoms with Crippen molar-refractivity contribution in [3.05, 3.63) is 42.2 Å². The Kier molecular flexibility index (Phi) is 2.45. The normalized spacial score (nSPS) is 11.1. The molecule has 0 radical (unpaired) electrons. The van der Waals surface area contributed by atoms with E-state index in [1.165, 1.54) is 0 Å². The van der Waals surface area contributed by atoms with Gasteiger partial charge in [-0.2, -0.15) is 0 Å². The number of hydrogen-bond donors (Lipinski definition) is 1. The van der Waals surface area contributed by atoms with E-state index in [-0.39, 0.29) is 5.69 Å². The molecule has 4 nitrogen and oxygen atoms in total. The highest BCUT2D eigenvalue weighted by Crippen LogP contribution is 2.29. The molecule has 0 unspecified atom stereocenters. The third-order valence-electron chi connectivity index (χ3n) is 3.02. The summed E-state index contributed by atoms with van der Waals surface area (Å²) in [5.74, 6) is -1.45. The number of fused-ring (bicyclic) bond motifs is 1. The fourth-order valence-corrected chi connectivity index (χ4v) is 2.05. The number of imidazole rings is 1. The van der Waals surface area contributed by atoms with Crippen LogP contribution in [-0.4, -0.2) is 14.5 Å². The van der Waals surface area contributed by atoms with Gasteiger partial charge in [-0.3, -0.25) is 4.98 Å². The van der Waals surface area contributed by atoms with Crippen molar-refractivity contribution in [2.45, 2.75) is 0 Å². The summed E-state index contributed by atoms with van der Waals surface area (Å²) in [6.45, 7) is 0. The molecule has 0 aliphatic rings. The summed E-state index contributed by atoms with van der Waals surface area (Å²) in [5.41, 5.74) is 7.75. The third kappa shape index (κ3) is 1.72. The van der Waals surface area contributed by atoms with Crippen LogP contribution in [0.15, 0.2) is 30.6 Å². The average Bonchev–Trinajstić information content (AvgIpc) is 2.72. The van der Waals surface area contributed by atoms with Gasteiger partial charge in [0.1, 0.15) is 11.3 Å². The summed E-state index contributed by atoms with van der Waals surface area (Å²) in [4.78, 5) is 8.32. The summed E-state index contributed by atoms with van der Waals surface area (Å²) in [5, 5.41) is 0. The molecule has 2 heterocycles. The van der Waals surface area contributed by atoms with Gasteiger partial charge < -0.3 is 10.3 Å². The molecule has 2 N–H and O–H groups in total. The first-order chi connectivity index (χ1) is 9.08. The minimum Gasteiger partial charge on any atom is -0.398 e. The van der Waals surface area contributed by atoms with E-state index in [1.54, 1.807) is 30.1 Å². The monoisotopic (exact) mass is 260 g/mol. The lowest BCUT2D eigenvalue weighted by molar-refractivity contribution is 0.509. The molecule has 3 aromatic rings. The first kappa shape index (κ1) is 11.6. The van der Waals surface area contributed by atoms with E-state index in [4.69, 9.17) is 5.73 Å². The minimum atomic E-state index is -0.971. The van der Waals surface area contributed by atoms with Gasteiger partial charge in [-0.25, -0.2) is 13.8 Å². The number of benzene rings is 1. The SMILES string of the molecule is Cn1c(-c2cc(F)c(F)cc2N)nc2cnccc21. The Morgan fingerprint density at radius 2 is 1.95 bits per heavy atom. The van der Waals surface area contributed by atoms with Crippen LogP contribution in [0.3, 0.4) is 0 Å². The van der Waals surface area contributed by atoms with Gasteiger partial charge in [0.2, 0.25) is 0 Å². The van der Waals surface area contributed by atoms with E-state index in [0.29, 0.717) is 16.9 Å². The number of aromatic nitrogens is 3. The Hall–Kier alpha value is -2.50. The van der Waals surface area contributed by atoms with Gasteiger partial charge in [0.15, 0.2) is 11.6 Å². The second-order valence-electron chi connectivity index (χ2n) is 4.21. The van der Waals surface area contributed by atoms with E-state index >= 15 is 0 Å². The second-order valence-corrected chi connectivity index (χ2v) is 4.21. The number of rotatable bonds is 1. The highest BCUT2D eigenvalue weighted by molar-refractivity contribution is 5.82. The molecule has 19 heavy (non-hydrogen) atoms. The zero-order chi connectivity index (χ0) is 13.6. The molecule has 0 saturated heterocycles. The molecule has 0 fully saturated rings. The number of nitrogen functional groups attached to an aromatic ring is 1. The average molecular weight is 260 g/mol. The van der Waals surface area contributed by atoms with Gasteiger partial charge in [-0.05, 0) is 12.1 Å². The Bertz CT molecular complexity index is 780. The molecule has 0 spiro atoms. The van der Waals surface area contributed by atoms with Gasteiger partial charge >= 0.3 is 0 Å². The van der Waals surface area contributed by atoms with Crippen LogP contribution >= 0.6 is 0 Å². The van der Waals surface area contributed by atoms with Gasteiger partial charge in [0.25, 0.3) is 0 Å². The first-order valence-electron chi connectivity index (χ1n) is 5.59. The largest absolute Gasteiger partial charge is 0.398 e. The highest BCUT2D eigenvalue weighted by Gasteiger charge is 2.15. The van der Waals surface area contributed by atoms with Crippen molar-refractivity contribution < 1.29 is 8.78 Å². The number of hydrogen-bond acceptors (Lipinski definition) is 3. The standard InChI is InChI=1S/C13H10F2N4/c1-19-12-2-3-17-6-11(12)18-13(19)7-4-8(14)9(15)5-10(7)16/h2-6H,16H2,1H3. The van der Waals surface area contributed by atoms with Crippen LogP contribution in [0.25, 0.3) is 22.4 Å². The van der Waals surface area contributed by atoms with Crippen LogP contribution in [0.5, 0.6) is 0 Å². The van der Waals surface area contributed by atoms with Crippen molar-refractivity contribution in [2.75, 3.05) is 5.73 Å². The van der Waals surface area contributed by atoms with Crippen LogP contribution in [0, 0.1) is 11.6 Å². The quantitative estimate of drug-likeness (QED) is 0.684. The molecular formula is C13H10F2N4. The topological polar surface area (TPSA) is 56.7 Å². The van der Waals surface area contributed by atoms with Gasteiger partial charge in [-0.1, -0.05) is 0 Å². The lowest BCUT2D eigenvalue weighted by Gasteiger charge is -2.06. The molecule has 1 aromatic carbocycles. The van der Waals surface area contributed by atoms with Crippen LogP contribution in [0.1, 0.15) is 0 Å². The van der Waals surface area contributed by atoms with E-state index in [1.807, 2.05) is 0 Å². The van der Waals surface area contributed by atoms with Crippen molar-refractivity contribution in [2.24, 2.45) is 7.05 Å². The van der Waals surface area contributed by atoms with E-state index < -0.39 is 11.6 Å². The third-order valence-corrected chi connectivity index (χ3v) is 3.02. The van der Waals surface area contributed by atoms with Gasteiger partial charge in [0, 0.05) is 30.6 Å². The van der Waals surface area contributed by atoms with Crippen molar-refractivity contribution in [3.63, 3.8) is 0 Å². The second kappa shape index (κ2) is 4.01. The number of pyridine rings is 1. The molecule has 0 amide bonds. The fourth-order valence-electron chi connectivity index (χ4n) is 2.05. The Morgan fingerprint density at radius 3 is 2.68 bits per heavy atom. The number of halogens is 2. The summed E-state index contributed by atoms with van der Waals surface area (Å²) in [7, 11) is 1.78. The maximum atomic E-state index is 13.4. The molecule has 0 aliphatic carbocycles. The molecule has 0 atom stereocenters. The predicted octanol–water partition coefficient (Wildman–Crippen LogP) is 2.50. The summed E-state index contributed by atoms with van der Waals surface area (Å²) < 4.78 is 28.2. The van der Waals surface area contributed by atoms with Crippen LogP contribution < -0.4 is 5.73 Å². The van der Waals surface area contributed by atoms with Crippen LogP contribution in [0.4, 0.5) is 14.5 Å². The maximum absolute atomic E-state index is 13.4. The molecular weight excluding hydrogens is 250 g/mol. The number of anilines is 1. The van der Waals surface area contributed by atoms with E-state index in [9.17, 15) is 8.78 Å². The van der Waals surface area contributed by atoms with Crippen molar-refractivity contribution >= 4 is 16.7 Å². The smallest absolute Gasteiger partial charge is 0.160 e. The summed E-state index contributed by atoms with van der Waals surface area (Å²) >= 11 is 0. The number of nitrogens with two attached hydrogens (primary N) is 1. The Morgan fingerprint density at radius 1 is 1.21 bits per heavy atom. The summed E-state index contributed by atoms with van der Waals surface area (Å²) in [6.07, 6.45) is 3.25.